The van der Waals surface area contributed by atoms with Gasteiger partial charge in [-0.25, -0.2) is 4.79 Å². The molecule has 0 saturated carbocycles. The molecule has 0 aromatic carbocycles. The Morgan fingerprint density at radius 2 is 1.71 bits per heavy atom. The van der Waals surface area contributed by atoms with E-state index in [4.69, 9.17) is 0 Å². The zero-order chi connectivity index (χ0) is 11.3. The number of rotatable bonds is 4. The lowest BCUT2D eigenvalue weighted by Crippen LogP contribution is -2.47. The fraction of sp³-hybridized carbons (Fsp3) is 0.667. The lowest BCUT2D eigenvalue weighted by Gasteiger charge is -2.14. The van der Waals surface area contributed by atoms with Gasteiger partial charge in [-0.05, 0) is 6.92 Å². The summed E-state index contributed by atoms with van der Waals surface area (Å²) in [5, 5.41) is 2.30. The van der Waals surface area contributed by atoms with Gasteiger partial charge in [-0.15, -0.1) is 0 Å². The van der Waals surface area contributed by atoms with Gasteiger partial charge in [0.15, 0.2) is 11.8 Å². The molecule has 0 fully saturated rings. The van der Waals surface area contributed by atoms with Crippen molar-refractivity contribution >= 4 is 17.7 Å². The van der Waals surface area contributed by atoms with Crippen molar-refractivity contribution in [3.63, 3.8) is 0 Å². The molecule has 0 aliphatic rings. The minimum absolute atomic E-state index is 0.276. The largest absolute Gasteiger partial charge is 0.467 e. The minimum Gasteiger partial charge on any atom is -0.467 e. The van der Waals surface area contributed by atoms with Crippen LogP contribution in [-0.2, 0) is 19.1 Å². The summed E-state index contributed by atoms with van der Waals surface area (Å²) in [5.74, 6) is -1.81. The van der Waals surface area contributed by atoms with Crippen LogP contribution in [0.15, 0.2) is 0 Å². The molecule has 0 heterocycles. The fourth-order valence-electron chi connectivity index (χ4n) is 0.753. The molecule has 80 valence electrons. The number of hydrogen-bond donors (Lipinski definition) is 1. The summed E-state index contributed by atoms with van der Waals surface area (Å²) in [7, 11) is 1.17. The Morgan fingerprint density at radius 1 is 1.21 bits per heavy atom. The molecule has 0 aromatic heterocycles. The summed E-state index contributed by atoms with van der Waals surface area (Å²) in [6.07, 6.45) is 0. The summed E-state index contributed by atoms with van der Waals surface area (Å²) in [5.41, 5.74) is 0. The molecule has 1 atom stereocenters. The quantitative estimate of drug-likeness (QED) is 0.508. The number of ether oxygens (including phenoxy) is 1. The minimum atomic E-state index is -1.19. The van der Waals surface area contributed by atoms with Gasteiger partial charge in [-0.3, -0.25) is 9.59 Å². The normalized spacial score (nSPS) is 12.1. The van der Waals surface area contributed by atoms with Crippen LogP contribution in [0.4, 0.5) is 0 Å². The van der Waals surface area contributed by atoms with Gasteiger partial charge in [0.2, 0.25) is 5.91 Å². The predicted octanol–water partition coefficient (Wildman–Crippen LogP) is -0.111. The third kappa shape index (κ3) is 3.55. The highest BCUT2D eigenvalue weighted by molar-refractivity contribution is 6.04. The molecule has 0 aromatic rings. The average Bonchev–Trinajstić information content (AvgIpc) is 2.11. The van der Waals surface area contributed by atoms with Crippen molar-refractivity contribution in [2.45, 2.75) is 26.8 Å². The van der Waals surface area contributed by atoms with E-state index >= 15 is 0 Å². The third-order valence-electron chi connectivity index (χ3n) is 1.65. The van der Waals surface area contributed by atoms with Gasteiger partial charge in [0.25, 0.3) is 0 Å². The molecule has 0 spiro atoms. The van der Waals surface area contributed by atoms with Crippen LogP contribution < -0.4 is 5.32 Å². The van der Waals surface area contributed by atoms with E-state index in [0.717, 1.165) is 0 Å². The van der Waals surface area contributed by atoms with Crippen LogP contribution in [0.2, 0.25) is 0 Å². The predicted molar refractivity (Wildman–Crippen MR) is 49.5 cm³/mol. The third-order valence-corrected chi connectivity index (χ3v) is 1.65. The fourth-order valence-corrected chi connectivity index (χ4v) is 0.753. The molecule has 1 amide bonds. The second-order valence-electron chi connectivity index (χ2n) is 3.23. The maximum atomic E-state index is 11.2. The monoisotopic (exact) mass is 201 g/mol. The highest BCUT2D eigenvalue weighted by Crippen LogP contribution is 1.96. The van der Waals surface area contributed by atoms with Gasteiger partial charge in [0.1, 0.15) is 0 Å². The molecule has 1 unspecified atom stereocenters. The van der Waals surface area contributed by atoms with Gasteiger partial charge >= 0.3 is 5.97 Å². The van der Waals surface area contributed by atoms with Crippen molar-refractivity contribution in [2.75, 3.05) is 7.11 Å². The molecule has 5 nitrogen and oxygen atoms in total. The number of hydrogen-bond acceptors (Lipinski definition) is 4. The lowest BCUT2D eigenvalue weighted by molar-refractivity contribution is -0.148. The zero-order valence-corrected chi connectivity index (χ0v) is 8.79. The second kappa shape index (κ2) is 5.36. The summed E-state index contributed by atoms with van der Waals surface area (Å²) < 4.78 is 4.38. The van der Waals surface area contributed by atoms with E-state index in [2.05, 4.69) is 10.1 Å². The number of esters is 1. The standard InChI is InChI=1S/C9H15NO4/c1-5(2)8(12)10-7(6(3)11)9(13)14-4/h5,7H,1-4H3,(H,10,12). The Balaban J connectivity index is 4.46. The molecular weight excluding hydrogens is 186 g/mol. The number of nitrogens with one attached hydrogen (secondary N) is 1. The molecule has 0 rings (SSSR count). The van der Waals surface area contributed by atoms with Crippen LogP contribution in [0.5, 0.6) is 0 Å². The number of amides is 1. The van der Waals surface area contributed by atoms with Crippen molar-refractivity contribution in [1.29, 1.82) is 0 Å². The van der Waals surface area contributed by atoms with E-state index < -0.39 is 17.8 Å². The van der Waals surface area contributed by atoms with Crippen molar-refractivity contribution in [2.24, 2.45) is 5.92 Å². The molecule has 0 aliphatic heterocycles. The van der Waals surface area contributed by atoms with E-state index in [-0.39, 0.29) is 11.8 Å². The molecular formula is C9H15NO4. The Kier molecular flexibility index (Phi) is 4.83. The highest BCUT2D eigenvalue weighted by Gasteiger charge is 2.26. The number of ketones is 1. The van der Waals surface area contributed by atoms with Gasteiger partial charge in [0.05, 0.1) is 7.11 Å². The van der Waals surface area contributed by atoms with Crippen molar-refractivity contribution in [1.82, 2.24) is 5.32 Å². The van der Waals surface area contributed by atoms with Crippen LogP contribution in [0.1, 0.15) is 20.8 Å². The number of carbonyl (C=O) groups is 3. The SMILES string of the molecule is COC(=O)C(NC(=O)C(C)C)C(C)=O. The summed E-state index contributed by atoms with van der Waals surface area (Å²) in [6.45, 7) is 4.57. The first kappa shape index (κ1) is 12.6. The Bertz CT molecular complexity index is 247. The first-order valence-corrected chi connectivity index (χ1v) is 4.28. The van der Waals surface area contributed by atoms with E-state index in [1.165, 1.54) is 14.0 Å². The molecule has 0 radical (unpaired) electrons. The van der Waals surface area contributed by atoms with Crippen LogP contribution in [0.25, 0.3) is 0 Å². The van der Waals surface area contributed by atoms with Gasteiger partial charge in [0, 0.05) is 5.92 Å². The molecule has 0 aliphatic carbocycles. The lowest BCUT2D eigenvalue weighted by atomic mass is 10.1. The molecule has 14 heavy (non-hydrogen) atoms. The van der Waals surface area contributed by atoms with E-state index in [9.17, 15) is 14.4 Å². The molecule has 0 bridgehead atoms. The van der Waals surface area contributed by atoms with E-state index in [1.807, 2.05) is 0 Å². The van der Waals surface area contributed by atoms with Gasteiger partial charge < -0.3 is 10.1 Å². The van der Waals surface area contributed by atoms with Crippen molar-refractivity contribution in [3.05, 3.63) is 0 Å². The number of carbonyl (C=O) groups excluding carboxylic acids is 3. The molecule has 5 heteroatoms. The molecule has 0 saturated heterocycles. The Labute approximate surface area is 82.8 Å². The molecule has 1 N–H and O–H groups in total. The summed E-state index contributed by atoms with van der Waals surface area (Å²) in [4.78, 5) is 33.2. The van der Waals surface area contributed by atoms with Gasteiger partial charge in [-0.1, -0.05) is 13.8 Å². The van der Waals surface area contributed by atoms with Crippen LogP contribution in [0, 0.1) is 5.92 Å². The maximum Gasteiger partial charge on any atom is 0.336 e. The number of methoxy groups -OCH3 is 1. The highest BCUT2D eigenvalue weighted by atomic mass is 16.5. The summed E-state index contributed by atoms with van der Waals surface area (Å²) in [6, 6.07) is -1.19. The van der Waals surface area contributed by atoms with Crippen LogP contribution in [0.3, 0.4) is 0 Å². The zero-order valence-electron chi connectivity index (χ0n) is 8.79. The Hall–Kier alpha value is -1.39. The Morgan fingerprint density at radius 3 is 2.00 bits per heavy atom. The maximum absolute atomic E-state index is 11.2. The topological polar surface area (TPSA) is 72.5 Å². The van der Waals surface area contributed by atoms with Crippen LogP contribution in [-0.4, -0.2) is 30.8 Å². The summed E-state index contributed by atoms with van der Waals surface area (Å²) >= 11 is 0. The van der Waals surface area contributed by atoms with Crippen molar-refractivity contribution in [3.8, 4) is 0 Å². The van der Waals surface area contributed by atoms with E-state index in [0.29, 0.717) is 0 Å². The van der Waals surface area contributed by atoms with Gasteiger partial charge in [-0.2, -0.15) is 0 Å². The van der Waals surface area contributed by atoms with Crippen LogP contribution >= 0.6 is 0 Å². The average molecular weight is 201 g/mol. The smallest absolute Gasteiger partial charge is 0.336 e. The first-order chi connectivity index (χ1) is 6.40. The van der Waals surface area contributed by atoms with E-state index in [1.54, 1.807) is 13.8 Å². The van der Waals surface area contributed by atoms with Crippen molar-refractivity contribution < 1.29 is 19.1 Å². The first-order valence-electron chi connectivity index (χ1n) is 4.28. The second-order valence-corrected chi connectivity index (χ2v) is 3.23. The number of Topliss-reactive ketones (excluding diaryl/α,β-unsaturated/α-hetero) is 1.